The van der Waals surface area contributed by atoms with Crippen molar-refractivity contribution < 1.29 is 4.52 Å². The quantitative estimate of drug-likeness (QED) is 0.861. The van der Waals surface area contributed by atoms with Crippen molar-refractivity contribution in [3.63, 3.8) is 0 Å². The molecule has 3 heterocycles. The predicted octanol–water partition coefficient (Wildman–Crippen LogP) is 2.44. The van der Waals surface area contributed by atoms with E-state index in [2.05, 4.69) is 35.8 Å². The third-order valence-electron chi connectivity index (χ3n) is 4.70. The zero-order valence-electron chi connectivity index (χ0n) is 14.7. The predicted molar refractivity (Wildman–Crippen MR) is 91.7 cm³/mol. The zero-order valence-corrected chi connectivity index (χ0v) is 14.7. The van der Waals surface area contributed by atoms with E-state index in [-0.39, 0.29) is 11.0 Å². The Balaban J connectivity index is 1.55. The highest BCUT2D eigenvalue weighted by molar-refractivity contribution is 5.10. The maximum atomic E-state index is 12.3. The lowest BCUT2D eigenvalue weighted by Crippen LogP contribution is -2.36. The van der Waals surface area contributed by atoms with Crippen molar-refractivity contribution in [2.75, 3.05) is 13.1 Å². The zero-order chi connectivity index (χ0) is 17.2. The normalized spacial score (nSPS) is 17.3. The molecule has 1 fully saturated rings. The molecule has 1 saturated heterocycles. The molecule has 0 amide bonds. The summed E-state index contributed by atoms with van der Waals surface area (Å²) in [5.41, 5.74) is 1.94. The van der Waals surface area contributed by atoms with Gasteiger partial charge in [-0.1, -0.05) is 25.9 Å². The van der Waals surface area contributed by atoms with Gasteiger partial charge < -0.3 is 4.52 Å². The van der Waals surface area contributed by atoms with Crippen LogP contribution in [0.1, 0.15) is 44.9 Å². The van der Waals surface area contributed by atoms with E-state index < -0.39 is 0 Å². The number of rotatable bonds is 4. The second-order valence-corrected chi connectivity index (χ2v) is 7.77. The molecule has 3 rings (SSSR count). The van der Waals surface area contributed by atoms with Gasteiger partial charge in [0.25, 0.3) is 5.56 Å². The van der Waals surface area contributed by atoms with E-state index in [9.17, 15) is 4.79 Å². The number of aromatic nitrogens is 3. The van der Waals surface area contributed by atoms with Gasteiger partial charge in [-0.2, -0.15) is 0 Å². The van der Waals surface area contributed by atoms with Crippen molar-refractivity contribution in [3.8, 4) is 0 Å². The number of piperidine rings is 1. The fraction of sp³-hybridized carbons (Fsp3) is 0.611. The summed E-state index contributed by atoms with van der Waals surface area (Å²) in [6.07, 6.45) is 7.38. The molecule has 0 unspecified atom stereocenters. The molecule has 24 heavy (non-hydrogen) atoms. The Kier molecular flexibility index (Phi) is 4.85. The van der Waals surface area contributed by atoms with Gasteiger partial charge in [-0.05, 0) is 31.8 Å². The second kappa shape index (κ2) is 6.89. The lowest BCUT2D eigenvalue weighted by molar-refractivity contribution is 0.166. The van der Waals surface area contributed by atoms with E-state index in [1.807, 2.05) is 0 Å². The van der Waals surface area contributed by atoms with E-state index >= 15 is 0 Å². The molecule has 6 nitrogen and oxygen atoms in total. The average molecular weight is 330 g/mol. The van der Waals surface area contributed by atoms with Crippen molar-refractivity contribution in [2.24, 2.45) is 5.92 Å². The molecule has 0 spiro atoms. The fourth-order valence-electron chi connectivity index (χ4n) is 3.14. The molecule has 2 aromatic rings. The van der Waals surface area contributed by atoms with Crippen molar-refractivity contribution in [1.82, 2.24) is 19.6 Å². The van der Waals surface area contributed by atoms with Crippen LogP contribution >= 0.6 is 0 Å². The summed E-state index contributed by atoms with van der Waals surface area (Å²) in [4.78, 5) is 19.2. The van der Waals surface area contributed by atoms with Gasteiger partial charge in [-0.25, -0.2) is 4.98 Å². The summed E-state index contributed by atoms with van der Waals surface area (Å²) >= 11 is 0. The summed E-state index contributed by atoms with van der Waals surface area (Å²) in [7, 11) is 0. The maximum Gasteiger partial charge on any atom is 0.253 e. The first kappa shape index (κ1) is 16.9. The topological polar surface area (TPSA) is 64.2 Å². The van der Waals surface area contributed by atoms with E-state index in [4.69, 9.17) is 4.52 Å². The molecule has 0 atom stereocenters. The molecule has 0 bridgehead atoms. The minimum atomic E-state index is -0.0917. The molecular formula is C18H26N4O2. The highest BCUT2D eigenvalue weighted by Crippen LogP contribution is 2.21. The molecule has 2 aromatic heterocycles. The Bertz CT molecular complexity index is 707. The van der Waals surface area contributed by atoms with Gasteiger partial charge in [0.05, 0.1) is 18.2 Å². The first-order valence-corrected chi connectivity index (χ1v) is 8.59. The Labute approximate surface area is 142 Å². The Morgan fingerprint density at radius 1 is 1.29 bits per heavy atom. The van der Waals surface area contributed by atoms with Crippen molar-refractivity contribution in [2.45, 2.75) is 52.1 Å². The summed E-state index contributed by atoms with van der Waals surface area (Å²) in [5.74, 6) is 0.531. The van der Waals surface area contributed by atoms with Gasteiger partial charge in [0.1, 0.15) is 6.26 Å². The van der Waals surface area contributed by atoms with Crippen LogP contribution in [-0.2, 0) is 18.5 Å². The SMILES string of the molecule is CC(C)(C)c1cc(=O)n(CC2CCN(Cc3cnoc3)CC2)cn1. The highest BCUT2D eigenvalue weighted by Gasteiger charge is 2.21. The third-order valence-corrected chi connectivity index (χ3v) is 4.70. The summed E-state index contributed by atoms with van der Waals surface area (Å²) in [6, 6.07) is 1.68. The largest absolute Gasteiger partial charge is 0.364 e. The van der Waals surface area contributed by atoms with Gasteiger partial charge in [0.15, 0.2) is 0 Å². The van der Waals surface area contributed by atoms with Crippen LogP contribution < -0.4 is 5.56 Å². The van der Waals surface area contributed by atoms with E-state index in [0.29, 0.717) is 5.92 Å². The van der Waals surface area contributed by atoms with Gasteiger partial charge in [0, 0.05) is 30.1 Å². The van der Waals surface area contributed by atoms with Crippen LogP contribution in [0.3, 0.4) is 0 Å². The van der Waals surface area contributed by atoms with Crippen LogP contribution in [0.2, 0.25) is 0 Å². The molecule has 130 valence electrons. The molecule has 6 heteroatoms. The molecule has 0 aliphatic carbocycles. The van der Waals surface area contributed by atoms with Crippen LogP contribution in [0.4, 0.5) is 0 Å². The number of likely N-dealkylation sites (tertiary alicyclic amines) is 1. The van der Waals surface area contributed by atoms with Crippen molar-refractivity contribution >= 4 is 0 Å². The Morgan fingerprint density at radius 2 is 2.04 bits per heavy atom. The first-order chi connectivity index (χ1) is 11.4. The standard InChI is InChI=1S/C18H26N4O2/c1-18(2,3)16-8-17(23)22(13-19-16)11-14-4-6-21(7-5-14)10-15-9-20-24-12-15/h8-9,12-14H,4-7,10-11H2,1-3H3. The fourth-order valence-corrected chi connectivity index (χ4v) is 3.14. The highest BCUT2D eigenvalue weighted by atomic mass is 16.5. The number of hydrogen-bond acceptors (Lipinski definition) is 5. The van der Waals surface area contributed by atoms with E-state index in [0.717, 1.165) is 50.3 Å². The summed E-state index contributed by atoms with van der Waals surface area (Å²) < 4.78 is 6.64. The smallest absolute Gasteiger partial charge is 0.253 e. The monoisotopic (exact) mass is 330 g/mol. The van der Waals surface area contributed by atoms with Crippen LogP contribution in [0.15, 0.2) is 34.2 Å². The first-order valence-electron chi connectivity index (χ1n) is 8.59. The van der Waals surface area contributed by atoms with E-state index in [1.54, 1.807) is 29.4 Å². The number of hydrogen-bond donors (Lipinski definition) is 0. The molecule has 0 aromatic carbocycles. The van der Waals surface area contributed by atoms with Gasteiger partial charge in [-0.15, -0.1) is 0 Å². The van der Waals surface area contributed by atoms with Crippen LogP contribution in [0.5, 0.6) is 0 Å². The minimum Gasteiger partial charge on any atom is -0.364 e. The average Bonchev–Trinajstić information content (AvgIpc) is 3.03. The lowest BCUT2D eigenvalue weighted by atomic mass is 9.92. The van der Waals surface area contributed by atoms with Crippen LogP contribution in [0, 0.1) is 5.92 Å². The van der Waals surface area contributed by atoms with Gasteiger partial charge >= 0.3 is 0 Å². The molecule has 1 aliphatic rings. The van der Waals surface area contributed by atoms with Crippen molar-refractivity contribution in [3.05, 3.63) is 46.5 Å². The molecule has 1 aliphatic heterocycles. The molecular weight excluding hydrogens is 304 g/mol. The van der Waals surface area contributed by atoms with Crippen molar-refractivity contribution in [1.29, 1.82) is 0 Å². The maximum absolute atomic E-state index is 12.3. The van der Waals surface area contributed by atoms with Gasteiger partial charge in [0.2, 0.25) is 0 Å². The molecule has 0 N–H and O–H groups in total. The third kappa shape index (κ3) is 4.12. The molecule has 0 radical (unpaired) electrons. The Morgan fingerprint density at radius 3 is 2.62 bits per heavy atom. The number of nitrogens with zero attached hydrogens (tertiary/aromatic N) is 4. The van der Waals surface area contributed by atoms with E-state index in [1.165, 1.54) is 0 Å². The summed E-state index contributed by atoms with van der Waals surface area (Å²) in [5, 5.41) is 3.75. The van der Waals surface area contributed by atoms with Gasteiger partial charge in [-0.3, -0.25) is 14.3 Å². The van der Waals surface area contributed by atoms with Crippen LogP contribution in [-0.4, -0.2) is 32.7 Å². The lowest BCUT2D eigenvalue weighted by Gasteiger charge is -2.31. The Hall–Kier alpha value is -1.95. The summed E-state index contributed by atoms with van der Waals surface area (Å²) in [6.45, 7) is 9.95. The minimum absolute atomic E-state index is 0.0572. The second-order valence-electron chi connectivity index (χ2n) is 7.77. The van der Waals surface area contributed by atoms with Crippen LogP contribution in [0.25, 0.3) is 0 Å². The molecule has 0 saturated carbocycles.